The maximum atomic E-state index is 11.9. The van der Waals surface area contributed by atoms with Gasteiger partial charge in [0, 0.05) is 19.0 Å². The van der Waals surface area contributed by atoms with Gasteiger partial charge < -0.3 is 30.6 Å². The smallest absolute Gasteiger partial charge is 0.488 e. The van der Waals surface area contributed by atoms with Gasteiger partial charge in [-0.3, -0.25) is 9.20 Å². The second-order valence-corrected chi connectivity index (χ2v) is 8.49. The van der Waals surface area contributed by atoms with Crippen LogP contribution in [0, 0.1) is 0 Å². The number of aromatic nitrogens is 4. The molecule has 2 aromatic carbocycles. The number of carbonyl (C=O) groups is 1. The SMILES string of the molecule is COCCOc1cccc2c(NCc3cccc(B(O)O)c3)nc(-c3ncn4c(C(N)=O)cccc34)nc12. The molecule has 0 aliphatic heterocycles. The van der Waals surface area contributed by atoms with Gasteiger partial charge in [0.15, 0.2) is 5.82 Å². The lowest BCUT2D eigenvalue weighted by atomic mass is 9.80. The monoisotopic (exact) mass is 512 g/mol. The number of hydrogen-bond donors (Lipinski definition) is 4. The summed E-state index contributed by atoms with van der Waals surface area (Å²) in [6.45, 7) is 1.11. The summed E-state index contributed by atoms with van der Waals surface area (Å²) in [6.07, 6.45) is 1.51. The number of benzene rings is 2. The zero-order valence-corrected chi connectivity index (χ0v) is 20.5. The summed E-state index contributed by atoms with van der Waals surface area (Å²) < 4.78 is 12.7. The first kappa shape index (κ1) is 25.1. The van der Waals surface area contributed by atoms with E-state index >= 15 is 0 Å². The molecule has 5 aromatic rings. The number of ether oxygens (including phenoxy) is 2. The minimum absolute atomic E-state index is 0.287. The van der Waals surface area contributed by atoms with E-state index < -0.39 is 13.0 Å². The number of primary amides is 1. The Bertz CT molecular complexity index is 1620. The van der Waals surface area contributed by atoms with Crippen molar-refractivity contribution in [3.05, 3.63) is 78.2 Å². The fourth-order valence-corrected chi connectivity index (χ4v) is 4.16. The number of imidazole rings is 1. The van der Waals surface area contributed by atoms with Crippen molar-refractivity contribution in [1.82, 2.24) is 19.4 Å². The molecule has 38 heavy (non-hydrogen) atoms. The highest BCUT2D eigenvalue weighted by atomic mass is 16.5. The molecule has 0 radical (unpaired) electrons. The van der Waals surface area contributed by atoms with E-state index in [4.69, 9.17) is 25.2 Å². The number of nitrogens with one attached hydrogen (secondary N) is 1. The van der Waals surface area contributed by atoms with Crippen LogP contribution in [0.3, 0.4) is 0 Å². The van der Waals surface area contributed by atoms with Crippen molar-refractivity contribution < 1.29 is 24.3 Å². The normalized spacial score (nSPS) is 11.1. The van der Waals surface area contributed by atoms with Crippen LogP contribution in [0.5, 0.6) is 5.75 Å². The van der Waals surface area contributed by atoms with Crippen LogP contribution in [-0.4, -0.2) is 62.7 Å². The molecular formula is C26H25BN6O5. The molecule has 0 atom stereocenters. The Morgan fingerprint density at radius 3 is 2.68 bits per heavy atom. The van der Waals surface area contributed by atoms with Crippen molar-refractivity contribution in [2.24, 2.45) is 5.73 Å². The number of methoxy groups -OCH3 is 1. The van der Waals surface area contributed by atoms with Crippen molar-refractivity contribution >= 4 is 40.7 Å². The standard InChI is InChI=1S/C26H25BN6O5/c1-37-11-12-38-21-10-3-7-18-22(21)31-26(23-19-8-4-9-20(24(28)34)33(19)15-30-23)32-25(18)29-14-16-5-2-6-17(13-16)27(35)36/h2-10,13,15,35-36H,11-12,14H2,1H3,(H2,28,34)(H,29,31,32). The van der Waals surface area contributed by atoms with E-state index in [0.717, 1.165) is 10.9 Å². The molecule has 0 aliphatic rings. The van der Waals surface area contributed by atoms with Gasteiger partial charge in [-0.2, -0.15) is 0 Å². The molecule has 0 spiro atoms. The van der Waals surface area contributed by atoms with Crippen LogP contribution in [0.2, 0.25) is 0 Å². The summed E-state index contributed by atoms with van der Waals surface area (Å²) in [5.74, 6) is 0.833. The lowest BCUT2D eigenvalue weighted by molar-refractivity contribution is 0.0994. The topological polar surface area (TPSA) is 157 Å². The molecular weight excluding hydrogens is 487 g/mol. The molecule has 3 heterocycles. The van der Waals surface area contributed by atoms with Gasteiger partial charge in [0.1, 0.15) is 41.4 Å². The second kappa shape index (κ2) is 10.8. The Hall–Kier alpha value is -4.52. The van der Waals surface area contributed by atoms with Crippen molar-refractivity contribution in [2.75, 3.05) is 25.6 Å². The van der Waals surface area contributed by atoms with Crippen molar-refractivity contribution in [1.29, 1.82) is 0 Å². The summed E-state index contributed by atoms with van der Waals surface area (Å²) in [6, 6.07) is 17.7. The number of anilines is 1. The van der Waals surface area contributed by atoms with E-state index in [-0.39, 0.29) is 5.69 Å². The predicted molar refractivity (Wildman–Crippen MR) is 143 cm³/mol. The molecule has 3 aromatic heterocycles. The number of nitrogens with two attached hydrogens (primary N) is 1. The summed E-state index contributed by atoms with van der Waals surface area (Å²) in [4.78, 5) is 26.0. The summed E-state index contributed by atoms with van der Waals surface area (Å²) >= 11 is 0. The van der Waals surface area contributed by atoms with Crippen LogP contribution in [0.25, 0.3) is 27.9 Å². The highest BCUT2D eigenvalue weighted by Gasteiger charge is 2.19. The minimum atomic E-state index is -1.56. The van der Waals surface area contributed by atoms with Gasteiger partial charge in [0.2, 0.25) is 0 Å². The van der Waals surface area contributed by atoms with Crippen LogP contribution in [-0.2, 0) is 11.3 Å². The third-order valence-electron chi connectivity index (χ3n) is 5.98. The maximum absolute atomic E-state index is 11.9. The number of carbonyl (C=O) groups excluding carboxylic acids is 1. The second-order valence-electron chi connectivity index (χ2n) is 8.49. The quantitative estimate of drug-likeness (QED) is 0.160. The number of nitrogens with zero attached hydrogens (tertiary/aromatic N) is 4. The summed E-state index contributed by atoms with van der Waals surface area (Å²) in [5, 5.41) is 23.1. The number of fused-ring (bicyclic) bond motifs is 2. The van der Waals surface area contributed by atoms with Crippen LogP contribution in [0.15, 0.2) is 67.0 Å². The molecule has 5 rings (SSSR count). The number of para-hydroxylation sites is 1. The van der Waals surface area contributed by atoms with Crippen molar-refractivity contribution in [2.45, 2.75) is 6.54 Å². The number of pyridine rings is 1. The van der Waals surface area contributed by atoms with Gasteiger partial charge in [-0.1, -0.05) is 36.4 Å². The Balaban J connectivity index is 1.61. The van der Waals surface area contributed by atoms with Crippen LogP contribution >= 0.6 is 0 Å². The van der Waals surface area contributed by atoms with Gasteiger partial charge >= 0.3 is 7.12 Å². The highest BCUT2D eigenvalue weighted by Crippen LogP contribution is 2.32. The average molecular weight is 512 g/mol. The lowest BCUT2D eigenvalue weighted by Crippen LogP contribution is -2.30. The van der Waals surface area contributed by atoms with E-state index in [2.05, 4.69) is 10.3 Å². The molecule has 192 valence electrons. The molecule has 0 unspecified atom stereocenters. The Kier molecular flexibility index (Phi) is 7.18. The van der Waals surface area contributed by atoms with Gasteiger partial charge in [-0.25, -0.2) is 15.0 Å². The molecule has 0 aliphatic carbocycles. The van der Waals surface area contributed by atoms with E-state index in [1.54, 1.807) is 41.8 Å². The largest absolute Gasteiger partial charge is 0.489 e. The van der Waals surface area contributed by atoms with Gasteiger partial charge in [0.05, 0.1) is 12.1 Å². The molecule has 0 saturated carbocycles. The van der Waals surface area contributed by atoms with Crippen molar-refractivity contribution in [3.8, 4) is 17.3 Å². The fraction of sp³-hybridized carbons (Fsp3) is 0.154. The molecule has 1 amide bonds. The van der Waals surface area contributed by atoms with Crippen LogP contribution in [0.1, 0.15) is 16.1 Å². The van der Waals surface area contributed by atoms with Gasteiger partial charge in [-0.05, 0) is 35.3 Å². The first-order valence-electron chi connectivity index (χ1n) is 11.8. The Morgan fingerprint density at radius 1 is 1.08 bits per heavy atom. The van der Waals surface area contributed by atoms with E-state index in [0.29, 0.717) is 59.3 Å². The number of rotatable bonds is 10. The molecule has 12 heteroatoms. The first-order chi connectivity index (χ1) is 18.5. The van der Waals surface area contributed by atoms with Crippen LogP contribution < -0.4 is 21.3 Å². The van der Waals surface area contributed by atoms with E-state index in [1.165, 1.54) is 6.33 Å². The van der Waals surface area contributed by atoms with E-state index in [9.17, 15) is 14.8 Å². The summed E-state index contributed by atoms with van der Waals surface area (Å²) in [7, 11) is 0.0386. The van der Waals surface area contributed by atoms with Gasteiger partial charge in [-0.15, -0.1) is 0 Å². The third kappa shape index (κ3) is 5.00. The predicted octanol–water partition coefficient (Wildman–Crippen LogP) is 1.36. The third-order valence-corrected chi connectivity index (χ3v) is 5.98. The molecule has 0 bridgehead atoms. The molecule has 5 N–H and O–H groups in total. The fourth-order valence-electron chi connectivity index (χ4n) is 4.16. The first-order valence-corrected chi connectivity index (χ1v) is 11.8. The lowest BCUT2D eigenvalue weighted by Gasteiger charge is -2.14. The number of amides is 1. The highest BCUT2D eigenvalue weighted by molar-refractivity contribution is 6.58. The zero-order chi connectivity index (χ0) is 26.6. The Labute approximate surface area is 218 Å². The Morgan fingerprint density at radius 2 is 1.89 bits per heavy atom. The summed E-state index contributed by atoms with van der Waals surface area (Å²) in [5.41, 5.74) is 8.71. The van der Waals surface area contributed by atoms with Gasteiger partial charge in [0.25, 0.3) is 5.91 Å². The molecule has 0 saturated heterocycles. The molecule has 11 nitrogen and oxygen atoms in total. The number of hydrogen-bond acceptors (Lipinski definition) is 9. The van der Waals surface area contributed by atoms with E-state index in [1.807, 2.05) is 30.3 Å². The molecule has 0 fully saturated rings. The maximum Gasteiger partial charge on any atom is 0.488 e. The van der Waals surface area contributed by atoms with Crippen molar-refractivity contribution in [3.63, 3.8) is 0 Å². The minimum Gasteiger partial charge on any atom is -0.489 e. The average Bonchev–Trinajstić information content (AvgIpc) is 3.36. The zero-order valence-electron chi connectivity index (χ0n) is 20.5. The van der Waals surface area contributed by atoms with Crippen LogP contribution in [0.4, 0.5) is 5.82 Å².